The molecule has 0 bridgehead atoms. The average molecular weight is 320 g/mol. The molecule has 10 nitrogen and oxygen atoms in total. The van der Waals surface area contributed by atoms with Crippen LogP contribution < -0.4 is 169 Å². The predicted molar refractivity (Wildman–Crippen MR) is 29.3 cm³/mol. The van der Waals surface area contributed by atoms with Crippen LogP contribution in [-0.4, -0.2) is 32.9 Å². The first-order chi connectivity index (χ1) is 2.00. The van der Waals surface area contributed by atoms with Crippen LogP contribution in [0.1, 0.15) is 0 Å². The van der Waals surface area contributed by atoms with Gasteiger partial charge in [0.15, 0.2) is 0 Å². The van der Waals surface area contributed by atoms with E-state index in [0.29, 0.717) is 0 Å². The Morgan fingerprint density at radius 3 is 0.571 bits per heavy atom. The first-order valence-corrected chi connectivity index (χ1v) is 2.19. The number of rotatable bonds is 0. The summed E-state index contributed by atoms with van der Waals surface area (Å²) in [6.07, 6.45) is 0. The molecule has 0 atom stereocenters. The molecule has 80 valence electrons. The summed E-state index contributed by atoms with van der Waals surface area (Å²) < 4.78 is 8.55. The molecule has 0 amide bonds. The Kier molecular flexibility index (Phi) is 237. The van der Waals surface area contributed by atoms with Gasteiger partial charge in [-0.05, 0) is 0 Å². The number of phosphoric acid groups is 1. The molecular formula is H12K3O10P. The van der Waals surface area contributed by atoms with Crippen LogP contribution in [0.4, 0.5) is 0 Å². The standard InChI is InChI=1S/3K.H3O4P.6H2O/c;;;1-5(2,3)4;;;;;;/h;;;(H3,1,2,3,4);6*1H2/q3*+1;;;;;;;/p-3. The van der Waals surface area contributed by atoms with Crippen LogP contribution in [0.5, 0.6) is 0 Å². The van der Waals surface area contributed by atoms with Crippen molar-refractivity contribution < 1.29 is 206 Å². The van der Waals surface area contributed by atoms with Crippen LogP contribution in [-0.2, 0) is 4.57 Å². The van der Waals surface area contributed by atoms with E-state index < -0.39 is 7.82 Å². The fourth-order valence-corrected chi connectivity index (χ4v) is 0. The topological polar surface area (TPSA) is 275 Å². The maximum atomic E-state index is 8.55. The molecule has 0 heterocycles. The zero-order chi connectivity index (χ0) is 4.50. The van der Waals surface area contributed by atoms with Crippen molar-refractivity contribution in [1.29, 1.82) is 0 Å². The predicted octanol–water partition coefficient (Wildman–Crippen LogP) is -16.8. The number of hydrogen-bond donors (Lipinski definition) is 0. The summed E-state index contributed by atoms with van der Waals surface area (Å²) >= 11 is 0. The van der Waals surface area contributed by atoms with Gasteiger partial charge in [-0.25, -0.2) is 0 Å². The molecule has 12 N–H and O–H groups in total. The van der Waals surface area contributed by atoms with Crippen molar-refractivity contribution in [3.8, 4) is 0 Å². The molecule has 0 unspecified atom stereocenters. The molecule has 0 rings (SSSR count). The van der Waals surface area contributed by atoms with E-state index >= 15 is 0 Å². The smallest absolute Gasteiger partial charge is 0.822 e. The summed E-state index contributed by atoms with van der Waals surface area (Å²) in [5.41, 5.74) is 0. The van der Waals surface area contributed by atoms with Gasteiger partial charge in [0.25, 0.3) is 0 Å². The van der Waals surface area contributed by atoms with Crippen LogP contribution in [0.15, 0.2) is 0 Å². The largest absolute Gasteiger partial charge is 1.00 e. The van der Waals surface area contributed by atoms with E-state index in [1.807, 2.05) is 0 Å². The Hall–Kier alpha value is 4.78. The van der Waals surface area contributed by atoms with E-state index in [0.717, 1.165) is 0 Å². The van der Waals surface area contributed by atoms with Gasteiger partial charge in [-0.15, -0.1) is 0 Å². The van der Waals surface area contributed by atoms with Gasteiger partial charge in [0.1, 0.15) is 0 Å². The SMILES string of the molecule is O.O.O.O.O.O.O=P([O-])([O-])[O-].[K+].[K+].[K+]. The summed E-state index contributed by atoms with van der Waals surface area (Å²) in [7, 11) is -5.39. The Balaban J connectivity index is -0.00000000222. The Morgan fingerprint density at radius 2 is 0.571 bits per heavy atom. The molecule has 0 radical (unpaired) electrons. The molecule has 0 aromatic rings. The minimum absolute atomic E-state index is 0. The summed E-state index contributed by atoms with van der Waals surface area (Å²) in [5.74, 6) is 0. The van der Waals surface area contributed by atoms with E-state index in [2.05, 4.69) is 0 Å². The minimum atomic E-state index is -5.39. The van der Waals surface area contributed by atoms with Crippen molar-refractivity contribution in [3.63, 3.8) is 0 Å². The second-order valence-corrected chi connectivity index (χ2v) is 1.34. The van der Waals surface area contributed by atoms with E-state index in [-0.39, 0.29) is 187 Å². The van der Waals surface area contributed by atoms with E-state index in [4.69, 9.17) is 19.2 Å². The third-order valence-electron chi connectivity index (χ3n) is 0. The van der Waals surface area contributed by atoms with Crippen LogP contribution >= 0.6 is 7.82 Å². The molecule has 0 aliphatic carbocycles. The van der Waals surface area contributed by atoms with Crippen molar-refractivity contribution in [1.82, 2.24) is 0 Å². The third-order valence-corrected chi connectivity index (χ3v) is 0. The van der Waals surface area contributed by atoms with Gasteiger partial charge < -0.3 is 52.1 Å². The van der Waals surface area contributed by atoms with E-state index in [1.54, 1.807) is 0 Å². The maximum Gasteiger partial charge on any atom is 1.00 e. The van der Waals surface area contributed by atoms with Gasteiger partial charge in [0, 0.05) is 0 Å². The van der Waals surface area contributed by atoms with Gasteiger partial charge in [0.05, 0.1) is 0 Å². The van der Waals surface area contributed by atoms with Crippen LogP contribution in [0.2, 0.25) is 0 Å². The molecular weight excluding hydrogens is 308 g/mol. The number of hydrogen-bond acceptors (Lipinski definition) is 4. The third kappa shape index (κ3) is 183. The first kappa shape index (κ1) is 77.0. The van der Waals surface area contributed by atoms with Gasteiger partial charge in [0.2, 0.25) is 0 Å². The van der Waals surface area contributed by atoms with E-state index in [1.165, 1.54) is 0 Å². The Bertz CT molecular complexity index is 61.5. The summed E-state index contributed by atoms with van der Waals surface area (Å²) in [4.78, 5) is 25.6. The molecule has 0 aromatic carbocycles. The molecule has 0 saturated heterocycles. The summed E-state index contributed by atoms with van der Waals surface area (Å²) in [6, 6.07) is 0. The van der Waals surface area contributed by atoms with Gasteiger partial charge in [-0.3, -0.25) is 0 Å². The zero-order valence-corrected chi connectivity index (χ0v) is 18.3. The van der Waals surface area contributed by atoms with Crippen molar-refractivity contribution in [2.75, 3.05) is 0 Å². The molecule has 0 aliphatic heterocycles. The van der Waals surface area contributed by atoms with Gasteiger partial charge >= 0.3 is 154 Å². The zero-order valence-electron chi connectivity index (χ0n) is 8.08. The molecule has 0 aromatic heterocycles. The van der Waals surface area contributed by atoms with Crippen LogP contribution in [0.3, 0.4) is 0 Å². The van der Waals surface area contributed by atoms with Gasteiger partial charge in [-0.1, -0.05) is 0 Å². The molecule has 14 heavy (non-hydrogen) atoms. The quantitative estimate of drug-likeness (QED) is 0.310. The molecule has 0 aliphatic rings. The summed E-state index contributed by atoms with van der Waals surface area (Å²) in [6.45, 7) is 0. The molecule has 0 saturated carbocycles. The van der Waals surface area contributed by atoms with Crippen molar-refractivity contribution in [2.24, 2.45) is 0 Å². The monoisotopic (exact) mass is 320 g/mol. The first-order valence-electron chi connectivity index (χ1n) is 0.730. The average Bonchev–Trinajstić information content (AvgIpc) is 0.722. The minimum Gasteiger partial charge on any atom is -0.822 e. The van der Waals surface area contributed by atoms with Crippen molar-refractivity contribution in [2.45, 2.75) is 0 Å². The second-order valence-electron chi connectivity index (χ2n) is 0.447. The fourth-order valence-electron chi connectivity index (χ4n) is 0. The van der Waals surface area contributed by atoms with Gasteiger partial charge in [-0.2, -0.15) is 7.82 Å². The summed E-state index contributed by atoms with van der Waals surface area (Å²) in [5, 5.41) is 0. The van der Waals surface area contributed by atoms with Crippen molar-refractivity contribution in [3.05, 3.63) is 0 Å². The van der Waals surface area contributed by atoms with Crippen LogP contribution in [0, 0.1) is 0 Å². The molecule has 0 spiro atoms. The van der Waals surface area contributed by atoms with Crippen LogP contribution in [0.25, 0.3) is 0 Å². The fraction of sp³-hybridized carbons (Fsp3) is 0. The Labute approximate surface area is 208 Å². The van der Waals surface area contributed by atoms with E-state index in [9.17, 15) is 0 Å². The molecule has 0 fully saturated rings. The normalized spacial score (nSPS) is 4.21. The maximum absolute atomic E-state index is 8.55. The van der Waals surface area contributed by atoms with Crippen molar-refractivity contribution >= 4 is 7.82 Å². The second kappa shape index (κ2) is 43.1. The molecule has 14 heteroatoms. The Morgan fingerprint density at radius 1 is 0.571 bits per heavy atom.